The van der Waals surface area contributed by atoms with Crippen molar-refractivity contribution in [3.05, 3.63) is 71.8 Å². The minimum absolute atomic E-state index is 0.785. The maximum atomic E-state index is 4.19. The van der Waals surface area contributed by atoms with Crippen LogP contribution in [0.2, 0.25) is 0 Å². The zero-order valence-electron chi connectivity index (χ0n) is 12.2. The first-order chi connectivity index (χ1) is 10.2. The molecule has 4 heteroatoms. The van der Waals surface area contributed by atoms with Crippen molar-refractivity contribution < 1.29 is 0 Å². The average molecular weight is 278 g/mol. The number of hydrogen-bond acceptors (Lipinski definition) is 3. The summed E-state index contributed by atoms with van der Waals surface area (Å²) in [6, 6.07) is 14.6. The summed E-state index contributed by atoms with van der Waals surface area (Å²) in [5.41, 5.74) is 5.95. The second-order valence-electron chi connectivity index (χ2n) is 5.13. The molecule has 0 aliphatic heterocycles. The van der Waals surface area contributed by atoms with E-state index < -0.39 is 0 Å². The normalized spacial score (nSPS) is 10.6. The molecule has 0 amide bonds. The summed E-state index contributed by atoms with van der Waals surface area (Å²) < 4.78 is 1.77. The number of para-hydroxylation sites is 2. The number of anilines is 1. The van der Waals surface area contributed by atoms with Gasteiger partial charge in [0.2, 0.25) is 0 Å². The third-order valence-electron chi connectivity index (χ3n) is 3.62. The molecule has 0 aliphatic carbocycles. The summed E-state index contributed by atoms with van der Waals surface area (Å²) in [4.78, 5) is 4.00. The van der Waals surface area contributed by atoms with E-state index in [0.29, 0.717) is 0 Å². The fourth-order valence-electron chi connectivity index (χ4n) is 2.27. The highest BCUT2D eigenvalue weighted by atomic mass is 15.3. The molecule has 1 heterocycles. The maximum absolute atomic E-state index is 4.19. The molecule has 0 bridgehead atoms. The molecule has 106 valence electrons. The Balaban J connectivity index is 1.81. The van der Waals surface area contributed by atoms with Crippen molar-refractivity contribution in [2.45, 2.75) is 20.4 Å². The maximum Gasteiger partial charge on any atom is 0.138 e. The highest BCUT2D eigenvalue weighted by molar-refractivity contribution is 5.60. The van der Waals surface area contributed by atoms with E-state index in [2.05, 4.69) is 53.5 Å². The first-order valence-corrected chi connectivity index (χ1v) is 6.98. The minimum atomic E-state index is 0.785. The van der Waals surface area contributed by atoms with Crippen LogP contribution in [0.15, 0.2) is 55.1 Å². The van der Waals surface area contributed by atoms with E-state index in [1.165, 1.54) is 16.7 Å². The van der Waals surface area contributed by atoms with Crippen LogP contribution in [0.3, 0.4) is 0 Å². The van der Waals surface area contributed by atoms with E-state index in [1.54, 1.807) is 17.3 Å². The van der Waals surface area contributed by atoms with Crippen molar-refractivity contribution in [1.29, 1.82) is 0 Å². The van der Waals surface area contributed by atoms with Crippen molar-refractivity contribution in [2.24, 2.45) is 0 Å². The van der Waals surface area contributed by atoms with Gasteiger partial charge >= 0.3 is 0 Å². The molecule has 0 fully saturated rings. The second-order valence-corrected chi connectivity index (χ2v) is 5.13. The molecule has 2 aromatic carbocycles. The van der Waals surface area contributed by atoms with Crippen LogP contribution < -0.4 is 5.32 Å². The van der Waals surface area contributed by atoms with Crippen LogP contribution in [0.4, 0.5) is 5.69 Å². The molecule has 21 heavy (non-hydrogen) atoms. The van der Waals surface area contributed by atoms with E-state index in [4.69, 9.17) is 0 Å². The zero-order chi connectivity index (χ0) is 14.7. The fraction of sp³-hybridized carbons (Fsp3) is 0.176. The summed E-state index contributed by atoms with van der Waals surface area (Å²) in [7, 11) is 0. The van der Waals surface area contributed by atoms with E-state index >= 15 is 0 Å². The predicted molar refractivity (Wildman–Crippen MR) is 84.6 cm³/mol. The van der Waals surface area contributed by atoms with Gasteiger partial charge in [-0.3, -0.25) is 0 Å². The molecule has 0 aliphatic rings. The standard InChI is InChI=1S/C17H18N4/c1-13-7-8-15(9-14(13)2)10-19-16-5-3-4-6-17(16)21-12-18-11-20-21/h3-9,11-12,19H,10H2,1-2H3. The number of aromatic nitrogens is 3. The molecule has 1 N–H and O–H groups in total. The van der Waals surface area contributed by atoms with Crippen molar-refractivity contribution >= 4 is 5.69 Å². The quantitative estimate of drug-likeness (QED) is 0.794. The molecular weight excluding hydrogens is 260 g/mol. The summed E-state index contributed by atoms with van der Waals surface area (Å²) in [6.07, 6.45) is 3.25. The van der Waals surface area contributed by atoms with Crippen LogP contribution in [0.5, 0.6) is 0 Å². The van der Waals surface area contributed by atoms with Crippen molar-refractivity contribution in [1.82, 2.24) is 14.8 Å². The van der Waals surface area contributed by atoms with Gasteiger partial charge in [0.1, 0.15) is 12.7 Å². The Labute approximate surface area is 124 Å². The monoisotopic (exact) mass is 278 g/mol. The van der Waals surface area contributed by atoms with Crippen LogP contribution in [-0.4, -0.2) is 14.8 Å². The highest BCUT2D eigenvalue weighted by Crippen LogP contribution is 2.20. The van der Waals surface area contributed by atoms with E-state index in [-0.39, 0.29) is 0 Å². The van der Waals surface area contributed by atoms with Gasteiger partial charge in [-0.05, 0) is 42.7 Å². The number of nitrogens with one attached hydrogen (secondary N) is 1. The molecule has 0 saturated heterocycles. The first kappa shape index (κ1) is 13.4. The number of hydrogen-bond donors (Lipinski definition) is 1. The van der Waals surface area contributed by atoms with E-state index in [9.17, 15) is 0 Å². The largest absolute Gasteiger partial charge is 0.379 e. The molecule has 3 rings (SSSR count). The molecular formula is C17H18N4. The third-order valence-corrected chi connectivity index (χ3v) is 3.62. The average Bonchev–Trinajstić information content (AvgIpc) is 3.03. The van der Waals surface area contributed by atoms with Gasteiger partial charge in [0.05, 0.1) is 11.4 Å². The van der Waals surface area contributed by atoms with Gasteiger partial charge in [0, 0.05) is 6.54 Å². The molecule has 0 unspecified atom stereocenters. The molecule has 1 aromatic heterocycles. The molecule has 0 spiro atoms. The van der Waals surface area contributed by atoms with Gasteiger partial charge in [0.25, 0.3) is 0 Å². The van der Waals surface area contributed by atoms with Gasteiger partial charge in [-0.1, -0.05) is 30.3 Å². The van der Waals surface area contributed by atoms with Crippen molar-refractivity contribution in [2.75, 3.05) is 5.32 Å². The fourth-order valence-corrected chi connectivity index (χ4v) is 2.27. The molecule has 0 radical (unpaired) electrons. The highest BCUT2D eigenvalue weighted by Gasteiger charge is 2.04. The lowest BCUT2D eigenvalue weighted by molar-refractivity contribution is 0.877. The molecule has 0 atom stereocenters. The lowest BCUT2D eigenvalue weighted by Crippen LogP contribution is -2.05. The van der Waals surface area contributed by atoms with Gasteiger partial charge in [0.15, 0.2) is 0 Å². The summed E-state index contributed by atoms with van der Waals surface area (Å²) in [6.45, 7) is 5.06. The summed E-state index contributed by atoms with van der Waals surface area (Å²) in [5.74, 6) is 0. The van der Waals surface area contributed by atoms with Crippen LogP contribution in [0.1, 0.15) is 16.7 Å². The van der Waals surface area contributed by atoms with Crippen LogP contribution in [0, 0.1) is 13.8 Å². The lowest BCUT2D eigenvalue weighted by Gasteiger charge is -2.12. The van der Waals surface area contributed by atoms with Crippen LogP contribution >= 0.6 is 0 Å². The Hall–Kier alpha value is -2.62. The Kier molecular flexibility index (Phi) is 3.69. The number of aryl methyl sites for hydroxylation is 2. The Morgan fingerprint density at radius 2 is 1.90 bits per heavy atom. The Bertz CT molecular complexity index is 732. The topological polar surface area (TPSA) is 42.7 Å². The number of rotatable bonds is 4. The Morgan fingerprint density at radius 1 is 1.05 bits per heavy atom. The third kappa shape index (κ3) is 2.94. The van der Waals surface area contributed by atoms with Gasteiger partial charge in [-0.15, -0.1) is 0 Å². The summed E-state index contributed by atoms with van der Waals surface area (Å²) in [5, 5.41) is 7.67. The molecule has 4 nitrogen and oxygen atoms in total. The minimum Gasteiger partial charge on any atom is -0.379 e. The van der Waals surface area contributed by atoms with Gasteiger partial charge in [-0.2, -0.15) is 5.10 Å². The van der Waals surface area contributed by atoms with E-state index in [1.807, 2.05) is 18.2 Å². The van der Waals surface area contributed by atoms with E-state index in [0.717, 1.165) is 17.9 Å². The smallest absolute Gasteiger partial charge is 0.138 e. The van der Waals surface area contributed by atoms with Crippen molar-refractivity contribution in [3.8, 4) is 5.69 Å². The van der Waals surface area contributed by atoms with Gasteiger partial charge in [-0.25, -0.2) is 9.67 Å². The second kappa shape index (κ2) is 5.79. The molecule has 0 saturated carbocycles. The SMILES string of the molecule is Cc1ccc(CNc2ccccc2-n2cncn2)cc1C. The first-order valence-electron chi connectivity index (χ1n) is 6.98. The van der Waals surface area contributed by atoms with Crippen LogP contribution in [-0.2, 0) is 6.54 Å². The summed E-state index contributed by atoms with van der Waals surface area (Å²) >= 11 is 0. The van der Waals surface area contributed by atoms with Crippen molar-refractivity contribution in [3.63, 3.8) is 0 Å². The molecule has 3 aromatic rings. The Morgan fingerprint density at radius 3 is 2.67 bits per heavy atom. The van der Waals surface area contributed by atoms with Crippen LogP contribution in [0.25, 0.3) is 5.69 Å². The lowest BCUT2D eigenvalue weighted by atomic mass is 10.1. The number of nitrogens with zero attached hydrogens (tertiary/aromatic N) is 3. The number of benzene rings is 2. The predicted octanol–water partition coefficient (Wildman–Crippen LogP) is 3.50. The zero-order valence-corrected chi connectivity index (χ0v) is 12.2. The van der Waals surface area contributed by atoms with Gasteiger partial charge < -0.3 is 5.32 Å².